The minimum atomic E-state index is 0.700. The van der Waals surface area contributed by atoms with Gasteiger partial charge < -0.3 is 0 Å². The highest BCUT2D eigenvalue weighted by molar-refractivity contribution is 5.69. The topological polar surface area (TPSA) is 38.7 Å². The number of aryl methyl sites for hydroxylation is 2. The average molecular weight is 273 g/mol. The Morgan fingerprint density at radius 1 is 0.810 bits per heavy atom. The van der Waals surface area contributed by atoms with Gasteiger partial charge in [-0.05, 0) is 42.5 Å². The molecule has 3 aromatic rings. The van der Waals surface area contributed by atoms with Crippen LogP contribution in [0.15, 0.2) is 54.9 Å². The van der Waals surface area contributed by atoms with Crippen LogP contribution in [0, 0.1) is 0 Å². The number of pyridine rings is 1. The van der Waals surface area contributed by atoms with E-state index in [1.807, 2.05) is 24.4 Å². The van der Waals surface area contributed by atoms with Crippen LogP contribution in [0.3, 0.4) is 0 Å². The molecule has 0 N–H and O–H groups in total. The molecule has 0 aliphatic heterocycles. The number of hydrogen-bond donors (Lipinski definition) is 0. The average Bonchev–Trinajstić information content (AvgIpc) is 2.74. The van der Waals surface area contributed by atoms with Crippen LogP contribution in [-0.4, -0.2) is 15.0 Å². The summed E-state index contributed by atoms with van der Waals surface area (Å²) in [5.41, 5.74) is 5.74. The molecule has 3 nitrogen and oxygen atoms in total. The van der Waals surface area contributed by atoms with Gasteiger partial charge in [-0.1, -0.05) is 30.3 Å². The summed E-state index contributed by atoms with van der Waals surface area (Å²) in [7, 11) is 0. The van der Waals surface area contributed by atoms with Gasteiger partial charge in [-0.3, -0.25) is 4.98 Å². The summed E-state index contributed by atoms with van der Waals surface area (Å²) in [4.78, 5) is 13.7. The van der Waals surface area contributed by atoms with Gasteiger partial charge in [-0.15, -0.1) is 0 Å². The normalized spacial score (nSPS) is 13.1. The molecule has 0 unspecified atom stereocenters. The fourth-order valence-electron chi connectivity index (χ4n) is 2.88. The maximum Gasteiger partial charge on any atom is 0.178 e. The molecule has 102 valence electrons. The molecule has 0 saturated heterocycles. The summed E-state index contributed by atoms with van der Waals surface area (Å²) in [6.07, 6.45) is 7.03. The molecule has 1 aliphatic carbocycles. The molecular formula is C18H15N3. The third kappa shape index (κ3) is 2.21. The predicted molar refractivity (Wildman–Crippen MR) is 82.7 cm³/mol. The molecule has 0 fully saturated rings. The Labute approximate surface area is 123 Å². The van der Waals surface area contributed by atoms with E-state index in [0.717, 1.165) is 30.7 Å². The van der Waals surface area contributed by atoms with E-state index in [-0.39, 0.29) is 0 Å². The van der Waals surface area contributed by atoms with E-state index in [1.54, 1.807) is 6.20 Å². The summed E-state index contributed by atoms with van der Waals surface area (Å²) >= 11 is 0. The summed E-state index contributed by atoms with van der Waals surface area (Å²) in [5.74, 6) is 0.700. The first-order valence-electron chi connectivity index (χ1n) is 7.27. The molecule has 0 atom stereocenters. The SMILES string of the molecule is c1ccc(-c2ncc3c(n2)-c2ccccc2CCC3)nc1. The van der Waals surface area contributed by atoms with Crippen LogP contribution in [0.5, 0.6) is 0 Å². The first-order chi connectivity index (χ1) is 10.4. The van der Waals surface area contributed by atoms with Gasteiger partial charge in [0.2, 0.25) is 0 Å². The Hall–Kier alpha value is -2.55. The third-order valence-corrected chi connectivity index (χ3v) is 3.92. The number of nitrogens with zero attached hydrogens (tertiary/aromatic N) is 3. The molecule has 2 heterocycles. The molecule has 0 saturated carbocycles. The van der Waals surface area contributed by atoms with Gasteiger partial charge in [0.05, 0.1) is 5.69 Å². The lowest BCUT2D eigenvalue weighted by Gasteiger charge is -2.09. The van der Waals surface area contributed by atoms with Crippen molar-refractivity contribution in [2.45, 2.75) is 19.3 Å². The van der Waals surface area contributed by atoms with Gasteiger partial charge in [-0.2, -0.15) is 0 Å². The Kier molecular flexibility index (Phi) is 2.96. The Morgan fingerprint density at radius 3 is 2.57 bits per heavy atom. The number of hydrogen-bond acceptors (Lipinski definition) is 3. The zero-order valence-corrected chi connectivity index (χ0v) is 11.7. The van der Waals surface area contributed by atoms with Gasteiger partial charge in [0.15, 0.2) is 5.82 Å². The fourth-order valence-corrected chi connectivity index (χ4v) is 2.88. The highest BCUT2D eigenvalue weighted by atomic mass is 14.9. The van der Waals surface area contributed by atoms with E-state index in [9.17, 15) is 0 Å². The van der Waals surface area contributed by atoms with E-state index in [2.05, 4.69) is 34.2 Å². The molecular weight excluding hydrogens is 258 g/mol. The van der Waals surface area contributed by atoms with Crippen LogP contribution in [0.25, 0.3) is 22.8 Å². The number of aromatic nitrogens is 3. The zero-order chi connectivity index (χ0) is 14.1. The van der Waals surface area contributed by atoms with Crippen LogP contribution < -0.4 is 0 Å². The lowest BCUT2D eigenvalue weighted by atomic mass is 10.0. The number of benzene rings is 1. The second-order valence-electron chi connectivity index (χ2n) is 5.29. The molecule has 1 aromatic carbocycles. The standard InChI is InChI=1S/C18H15N3/c1-2-9-15-13(6-1)7-5-8-14-12-20-18(21-17(14)15)16-10-3-4-11-19-16/h1-4,6,9-12H,5,7-8H2. The smallest absolute Gasteiger partial charge is 0.178 e. The van der Waals surface area contributed by atoms with Crippen LogP contribution in [0.4, 0.5) is 0 Å². The van der Waals surface area contributed by atoms with E-state index < -0.39 is 0 Å². The van der Waals surface area contributed by atoms with E-state index in [1.165, 1.54) is 16.7 Å². The molecule has 4 rings (SSSR count). The maximum atomic E-state index is 4.81. The predicted octanol–water partition coefficient (Wildman–Crippen LogP) is 3.69. The summed E-state index contributed by atoms with van der Waals surface area (Å²) in [6.45, 7) is 0. The van der Waals surface area contributed by atoms with Crippen LogP contribution in [-0.2, 0) is 12.8 Å². The van der Waals surface area contributed by atoms with Gasteiger partial charge in [0.25, 0.3) is 0 Å². The van der Waals surface area contributed by atoms with Crippen molar-refractivity contribution in [3.05, 3.63) is 66.0 Å². The first kappa shape index (κ1) is 12.2. The molecule has 0 spiro atoms. The van der Waals surface area contributed by atoms with Crippen molar-refractivity contribution in [3.63, 3.8) is 0 Å². The van der Waals surface area contributed by atoms with E-state index >= 15 is 0 Å². The van der Waals surface area contributed by atoms with Crippen LogP contribution in [0.1, 0.15) is 17.5 Å². The lowest BCUT2D eigenvalue weighted by Crippen LogP contribution is -1.98. The highest BCUT2D eigenvalue weighted by Crippen LogP contribution is 2.31. The Morgan fingerprint density at radius 2 is 1.67 bits per heavy atom. The Balaban J connectivity index is 1.91. The number of rotatable bonds is 1. The van der Waals surface area contributed by atoms with Gasteiger partial charge in [0, 0.05) is 18.0 Å². The summed E-state index contributed by atoms with van der Waals surface area (Å²) in [5, 5.41) is 0. The van der Waals surface area contributed by atoms with Gasteiger partial charge in [0.1, 0.15) is 5.69 Å². The van der Waals surface area contributed by atoms with Crippen molar-refractivity contribution >= 4 is 0 Å². The minimum Gasteiger partial charge on any atom is -0.253 e. The van der Waals surface area contributed by atoms with Crippen molar-refractivity contribution in [1.82, 2.24) is 15.0 Å². The quantitative estimate of drug-likeness (QED) is 0.678. The van der Waals surface area contributed by atoms with Crippen molar-refractivity contribution in [1.29, 1.82) is 0 Å². The monoisotopic (exact) mass is 273 g/mol. The van der Waals surface area contributed by atoms with Crippen LogP contribution >= 0.6 is 0 Å². The Bertz CT molecular complexity index is 781. The third-order valence-electron chi connectivity index (χ3n) is 3.92. The van der Waals surface area contributed by atoms with Crippen molar-refractivity contribution in [3.8, 4) is 22.8 Å². The second kappa shape index (κ2) is 5.09. The van der Waals surface area contributed by atoms with Crippen LogP contribution in [0.2, 0.25) is 0 Å². The molecule has 21 heavy (non-hydrogen) atoms. The largest absolute Gasteiger partial charge is 0.253 e. The molecule has 0 bridgehead atoms. The van der Waals surface area contributed by atoms with Crippen molar-refractivity contribution in [2.24, 2.45) is 0 Å². The second-order valence-corrected chi connectivity index (χ2v) is 5.29. The molecule has 2 aromatic heterocycles. The lowest BCUT2D eigenvalue weighted by molar-refractivity contribution is 0.829. The minimum absolute atomic E-state index is 0.700. The van der Waals surface area contributed by atoms with Crippen molar-refractivity contribution < 1.29 is 0 Å². The van der Waals surface area contributed by atoms with Gasteiger partial charge in [-0.25, -0.2) is 9.97 Å². The molecule has 1 aliphatic rings. The van der Waals surface area contributed by atoms with Gasteiger partial charge >= 0.3 is 0 Å². The van der Waals surface area contributed by atoms with E-state index in [4.69, 9.17) is 4.98 Å². The van der Waals surface area contributed by atoms with E-state index in [0.29, 0.717) is 5.82 Å². The molecule has 0 radical (unpaired) electrons. The zero-order valence-electron chi connectivity index (χ0n) is 11.7. The maximum absolute atomic E-state index is 4.81. The first-order valence-corrected chi connectivity index (χ1v) is 7.27. The number of fused-ring (bicyclic) bond motifs is 3. The highest BCUT2D eigenvalue weighted by Gasteiger charge is 2.17. The molecule has 0 amide bonds. The van der Waals surface area contributed by atoms with Crippen molar-refractivity contribution in [2.75, 3.05) is 0 Å². The summed E-state index contributed by atoms with van der Waals surface area (Å²) in [6, 6.07) is 14.4. The molecule has 3 heteroatoms. The summed E-state index contributed by atoms with van der Waals surface area (Å²) < 4.78 is 0. The fraction of sp³-hybridized carbons (Fsp3) is 0.167.